The van der Waals surface area contributed by atoms with E-state index in [1.54, 1.807) is 0 Å². The fraction of sp³-hybridized carbons (Fsp3) is 1.00. The van der Waals surface area contributed by atoms with Crippen molar-refractivity contribution < 1.29 is 4.74 Å². The van der Waals surface area contributed by atoms with E-state index in [9.17, 15) is 0 Å². The lowest BCUT2D eigenvalue weighted by atomic mass is 9.79. The molecule has 2 aliphatic heterocycles. The van der Waals surface area contributed by atoms with E-state index in [-0.39, 0.29) is 0 Å². The molecule has 0 aromatic carbocycles. The first-order valence-corrected chi connectivity index (χ1v) is 8.55. The Labute approximate surface area is 123 Å². The van der Waals surface area contributed by atoms with Crippen LogP contribution in [-0.2, 0) is 4.74 Å². The van der Waals surface area contributed by atoms with Crippen molar-refractivity contribution in [2.24, 2.45) is 5.41 Å². The molecule has 2 saturated heterocycles. The van der Waals surface area contributed by atoms with E-state index in [1.807, 2.05) is 0 Å². The van der Waals surface area contributed by atoms with Crippen LogP contribution >= 0.6 is 0 Å². The van der Waals surface area contributed by atoms with E-state index in [1.165, 1.54) is 71.5 Å². The molecular weight excluding hydrogens is 250 g/mol. The second kappa shape index (κ2) is 6.73. The summed E-state index contributed by atoms with van der Waals surface area (Å²) in [4.78, 5) is 5.27. The van der Waals surface area contributed by atoms with Crippen LogP contribution < -0.4 is 5.32 Å². The Hall–Kier alpha value is -0.160. The van der Waals surface area contributed by atoms with Gasteiger partial charge in [-0.1, -0.05) is 6.92 Å². The van der Waals surface area contributed by atoms with Crippen LogP contribution in [-0.4, -0.2) is 74.9 Å². The summed E-state index contributed by atoms with van der Waals surface area (Å²) in [6, 6.07) is 0.826. The molecule has 4 nitrogen and oxygen atoms in total. The normalized spacial score (nSPS) is 28.6. The first-order chi connectivity index (χ1) is 9.80. The van der Waals surface area contributed by atoms with Crippen LogP contribution in [0, 0.1) is 5.41 Å². The molecule has 0 amide bonds. The lowest BCUT2D eigenvalue weighted by molar-refractivity contribution is -0.0122. The zero-order chi connectivity index (χ0) is 13.8. The molecule has 0 spiro atoms. The van der Waals surface area contributed by atoms with E-state index < -0.39 is 0 Å². The van der Waals surface area contributed by atoms with E-state index in [2.05, 4.69) is 22.0 Å². The van der Waals surface area contributed by atoms with Gasteiger partial charge in [0.25, 0.3) is 0 Å². The molecule has 1 saturated carbocycles. The van der Waals surface area contributed by atoms with Crippen LogP contribution in [0.3, 0.4) is 0 Å². The van der Waals surface area contributed by atoms with Gasteiger partial charge in [0.15, 0.2) is 0 Å². The maximum atomic E-state index is 5.62. The highest BCUT2D eigenvalue weighted by molar-refractivity contribution is 4.91. The fourth-order valence-electron chi connectivity index (χ4n) is 3.58. The van der Waals surface area contributed by atoms with Gasteiger partial charge in [-0.25, -0.2) is 0 Å². The molecular formula is C16H31N3O. The minimum atomic E-state index is 0.467. The molecule has 0 aromatic heterocycles. The summed E-state index contributed by atoms with van der Waals surface area (Å²) in [7, 11) is 0. The summed E-state index contributed by atoms with van der Waals surface area (Å²) in [5, 5.41) is 3.78. The number of nitrogens with zero attached hydrogens (tertiary/aromatic N) is 2. The summed E-state index contributed by atoms with van der Waals surface area (Å²) < 4.78 is 5.62. The molecule has 3 fully saturated rings. The molecule has 20 heavy (non-hydrogen) atoms. The van der Waals surface area contributed by atoms with Gasteiger partial charge >= 0.3 is 0 Å². The Bertz CT molecular complexity index is 292. The largest absolute Gasteiger partial charge is 0.381 e. The Morgan fingerprint density at radius 3 is 2.30 bits per heavy atom. The zero-order valence-electron chi connectivity index (χ0n) is 13.1. The summed E-state index contributed by atoms with van der Waals surface area (Å²) in [6.45, 7) is 12.9. The number of hydrogen-bond donors (Lipinski definition) is 1. The minimum absolute atomic E-state index is 0.467. The number of piperazine rings is 1. The van der Waals surface area contributed by atoms with Crippen molar-refractivity contribution in [3.05, 3.63) is 0 Å². The van der Waals surface area contributed by atoms with Gasteiger partial charge in [0, 0.05) is 58.5 Å². The van der Waals surface area contributed by atoms with Crippen molar-refractivity contribution in [2.45, 2.75) is 38.6 Å². The van der Waals surface area contributed by atoms with Crippen LogP contribution in [0.5, 0.6) is 0 Å². The Balaban J connectivity index is 1.52. The smallest absolute Gasteiger partial charge is 0.0472 e. The second-order valence-corrected chi connectivity index (χ2v) is 6.98. The van der Waals surface area contributed by atoms with Gasteiger partial charge in [0.1, 0.15) is 0 Å². The summed E-state index contributed by atoms with van der Waals surface area (Å²) in [5.41, 5.74) is 0.467. The predicted octanol–water partition coefficient (Wildman–Crippen LogP) is 1.17. The van der Waals surface area contributed by atoms with Crippen molar-refractivity contribution >= 4 is 0 Å². The maximum Gasteiger partial charge on any atom is 0.0472 e. The van der Waals surface area contributed by atoms with Gasteiger partial charge in [-0.05, 0) is 37.6 Å². The summed E-state index contributed by atoms with van der Waals surface area (Å²) in [5.74, 6) is 0. The van der Waals surface area contributed by atoms with Gasteiger partial charge < -0.3 is 19.9 Å². The first-order valence-electron chi connectivity index (χ1n) is 8.55. The van der Waals surface area contributed by atoms with Crippen molar-refractivity contribution in [1.29, 1.82) is 0 Å². The average Bonchev–Trinajstić information content (AvgIpc) is 3.31. The predicted molar refractivity (Wildman–Crippen MR) is 82.1 cm³/mol. The van der Waals surface area contributed by atoms with Gasteiger partial charge in [0.2, 0.25) is 0 Å². The van der Waals surface area contributed by atoms with E-state index in [0.29, 0.717) is 5.41 Å². The van der Waals surface area contributed by atoms with Gasteiger partial charge in [0.05, 0.1) is 0 Å². The molecule has 3 aliphatic rings. The van der Waals surface area contributed by atoms with Crippen LogP contribution in [0.1, 0.15) is 32.6 Å². The lowest BCUT2D eigenvalue weighted by Gasteiger charge is -2.44. The number of hydrogen-bond acceptors (Lipinski definition) is 4. The first kappa shape index (κ1) is 14.8. The molecule has 0 radical (unpaired) electrons. The highest BCUT2D eigenvalue weighted by Gasteiger charge is 2.36. The lowest BCUT2D eigenvalue weighted by Crippen LogP contribution is -2.53. The third kappa shape index (κ3) is 3.94. The highest BCUT2D eigenvalue weighted by Crippen LogP contribution is 2.32. The van der Waals surface area contributed by atoms with Crippen LogP contribution in [0.2, 0.25) is 0 Å². The summed E-state index contributed by atoms with van der Waals surface area (Å²) in [6.07, 6.45) is 5.25. The van der Waals surface area contributed by atoms with Gasteiger partial charge in [-0.2, -0.15) is 0 Å². The minimum Gasteiger partial charge on any atom is -0.381 e. The third-order valence-corrected chi connectivity index (χ3v) is 5.37. The molecule has 2 heterocycles. The van der Waals surface area contributed by atoms with Crippen LogP contribution in [0.4, 0.5) is 0 Å². The van der Waals surface area contributed by atoms with Crippen LogP contribution in [0.15, 0.2) is 0 Å². The molecule has 0 bridgehead atoms. The number of nitrogens with one attached hydrogen (secondary N) is 1. The Morgan fingerprint density at radius 2 is 1.70 bits per heavy atom. The SMILES string of the molecule is CCN1CCN(CC2(CNC3CC3)CCOCC2)CC1. The Morgan fingerprint density at radius 1 is 1.05 bits per heavy atom. The topological polar surface area (TPSA) is 27.7 Å². The monoisotopic (exact) mass is 281 g/mol. The number of ether oxygens (including phenoxy) is 1. The third-order valence-electron chi connectivity index (χ3n) is 5.37. The van der Waals surface area contributed by atoms with E-state index in [4.69, 9.17) is 4.74 Å². The average molecular weight is 281 g/mol. The standard InChI is InChI=1S/C16H31N3O/c1-2-18-7-9-19(10-8-18)14-16(5-11-20-12-6-16)13-17-15-3-4-15/h15,17H,2-14H2,1H3. The molecule has 0 aromatic rings. The van der Waals surface area contributed by atoms with Crippen LogP contribution in [0.25, 0.3) is 0 Å². The van der Waals surface area contributed by atoms with Crippen molar-refractivity contribution in [2.75, 3.05) is 59.0 Å². The highest BCUT2D eigenvalue weighted by atomic mass is 16.5. The molecule has 0 unspecified atom stereocenters. The van der Waals surface area contributed by atoms with E-state index in [0.717, 1.165) is 19.3 Å². The zero-order valence-corrected chi connectivity index (χ0v) is 13.1. The molecule has 116 valence electrons. The molecule has 1 N–H and O–H groups in total. The maximum absolute atomic E-state index is 5.62. The molecule has 1 aliphatic carbocycles. The Kier molecular flexibility index (Phi) is 4.97. The van der Waals surface area contributed by atoms with Gasteiger partial charge in [-0.3, -0.25) is 0 Å². The molecule has 3 rings (SSSR count). The van der Waals surface area contributed by atoms with Crippen molar-refractivity contribution in [3.63, 3.8) is 0 Å². The number of rotatable bonds is 6. The van der Waals surface area contributed by atoms with Crippen molar-refractivity contribution in [1.82, 2.24) is 15.1 Å². The van der Waals surface area contributed by atoms with E-state index >= 15 is 0 Å². The molecule has 4 heteroatoms. The van der Waals surface area contributed by atoms with Crippen molar-refractivity contribution in [3.8, 4) is 0 Å². The fourth-order valence-corrected chi connectivity index (χ4v) is 3.58. The van der Waals surface area contributed by atoms with Gasteiger partial charge in [-0.15, -0.1) is 0 Å². The summed E-state index contributed by atoms with van der Waals surface area (Å²) >= 11 is 0. The molecule has 0 atom stereocenters. The quantitative estimate of drug-likeness (QED) is 0.791. The number of likely N-dealkylation sites (N-methyl/N-ethyl adjacent to an activating group) is 1. The second-order valence-electron chi connectivity index (χ2n) is 6.98.